The number of halogens is 1. The van der Waals surface area contributed by atoms with Gasteiger partial charge in [0.25, 0.3) is 0 Å². The third-order valence-electron chi connectivity index (χ3n) is 4.56. The number of anilines is 1. The second kappa shape index (κ2) is 10.1. The number of hydrogen-bond donors (Lipinski definition) is 1. The van der Waals surface area contributed by atoms with E-state index in [0.717, 1.165) is 12.2 Å². The summed E-state index contributed by atoms with van der Waals surface area (Å²) in [6, 6.07) is 10.6. The zero-order valence-electron chi connectivity index (χ0n) is 14.4. The van der Waals surface area contributed by atoms with E-state index in [1.54, 1.807) is 0 Å². The number of aryl methyl sites for hydroxylation is 2. The van der Waals surface area contributed by atoms with Crippen LogP contribution in [0.4, 0.5) is 5.69 Å². The molecule has 0 unspecified atom stereocenters. The fourth-order valence-electron chi connectivity index (χ4n) is 3.25. The van der Waals surface area contributed by atoms with Gasteiger partial charge < -0.3 is 5.73 Å². The number of pyridine rings is 1. The van der Waals surface area contributed by atoms with Crippen molar-refractivity contribution in [2.75, 3.05) is 10.2 Å². The van der Waals surface area contributed by atoms with Gasteiger partial charge in [-0.15, -0.1) is 0 Å². The Morgan fingerprint density at radius 1 is 0.913 bits per heavy atom. The fraction of sp³-hybridized carbons (Fsp3) is 0.550. The molecule has 2 aromatic rings. The molecule has 0 saturated carbocycles. The molecule has 0 saturated heterocycles. The lowest BCUT2D eigenvalue weighted by atomic mass is 10.1. The first kappa shape index (κ1) is 18.5. The summed E-state index contributed by atoms with van der Waals surface area (Å²) in [4.78, 5) is 0. The van der Waals surface area contributed by atoms with Gasteiger partial charge in [-0.2, -0.15) is 4.57 Å². The van der Waals surface area contributed by atoms with Crippen molar-refractivity contribution in [1.82, 2.24) is 0 Å². The van der Waals surface area contributed by atoms with Crippen molar-refractivity contribution < 1.29 is 4.57 Å². The summed E-state index contributed by atoms with van der Waals surface area (Å²) in [5.74, 6) is 0. The second-order valence-corrected chi connectivity index (χ2v) is 7.51. The SMILES string of the molecule is Cc1cc(N)c2ccccc2[n+]1CCCCCCCCCCI. The highest BCUT2D eigenvalue weighted by molar-refractivity contribution is 14.1. The number of nitrogens with zero attached hydrogens (tertiary/aromatic N) is 1. The van der Waals surface area contributed by atoms with Crippen LogP contribution in [-0.2, 0) is 6.54 Å². The first-order chi connectivity index (χ1) is 11.2. The van der Waals surface area contributed by atoms with Gasteiger partial charge in [0.05, 0.1) is 11.1 Å². The van der Waals surface area contributed by atoms with Gasteiger partial charge in [-0.3, -0.25) is 0 Å². The average Bonchev–Trinajstić information content (AvgIpc) is 2.56. The van der Waals surface area contributed by atoms with Crippen LogP contribution in [0.2, 0.25) is 0 Å². The largest absolute Gasteiger partial charge is 0.398 e. The maximum Gasteiger partial charge on any atom is 0.214 e. The summed E-state index contributed by atoms with van der Waals surface area (Å²) in [5, 5.41) is 1.17. The van der Waals surface area contributed by atoms with Gasteiger partial charge in [0.2, 0.25) is 5.52 Å². The van der Waals surface area contributed by atoms with Crippen LogP contribution in [0.25, 0.3) is 10.9 Å². The molecule has 2 N–H and O–H groups in total. The van der Waals surface area contributed by atoms with Crippen molar-refractivity contribution in [3.63, 3.8) is 0 Å². The molecule has 0 amide bonds. The lowest BCUT2D eigenvalue weighted by Crippen LogP contribution is -2.38. The van der Waals surface area contributed by atoms with Crippen LogP contribution in [0.15, 0.2) is 30.3 Å². The lowest BCUT2D eigenvalue weighted by molar-refractivity contribution is -0.677. The molecule has 1 aromatic carbocycles. The summed E-state index contributed by atoms with van der Waals surface area (Å²) in [7, 11) is 0. The molecule has 0 spiro atoms. The Kier molecular flexibility index (Phi) is 8.13. The molecule has 0 aliphatic carbocycles. The maximum atomic E-state index is 6.16. The molecule has 2 rings (SSSR count). The van der Waals surface area contributed by atoms with Crippen LogP contribution < -0.4 is 10.3 Å². The monoisotopic (exact) mass is 425 g/mol. The van der Waals surface area contributed by atoms with E-state index in [2.05, 4.69) is 64.4 Å². The third-order valence-corrected chi connectivity index (χ3v) is 5.32. The molecule has 0 radical (unpaired) electrons. The Morgan fingerprint density at radius 2 is 1.52 bits per heavy atom. The maximum absolute atomic E-state index is 6.16. The summed E-state index contributed by atoms with van der Waals surface area (Å²) in [5.41, 5.74) is 9.58. The van der Waals surface area contributed by atoms with Crippen molar-refractivity contribution in [2.24, 2.45) is 0 Å². The molecule has 2 nitrogen and oxygen atoms in total. The molecular weight excluding hydrogens is 395 g/mol. The van der Waals surface area contributed by atoms with Crippen LogP contribution >= 0.6 is 22.6 Å². The number of fused-ring (bicyclic) bond motifs is 1. The molecule has 0 aliphatic rings. The molecule has 3 heteroatoms. The second-order valence-electron chi connectivity index (χ2n) is 6.43. The van der Waals surface area contributed by atoms with Crippen LogP contribution in [-0.4, -0.2) is 4.43 Å². The number of nitrogens with two attached hydrogens (primary N) is 1. The van der Waals surface area contributed by atoms with Crippen molar-refractivity contribution >= 4 is 39.2 Å². The molecule has 23 heavy (non-hydrogen) atoms. The van der Waals surface area contributed by atoms with Gasteiger partial charge in [0.1, 0.15) is 6.54 Å². The van der Waals surface area contributed by atoms with Crippen LogP contribution in [0.5, 0.6) is 0 Å². The van der Waals surface area contributed by atoms with E-state index in [-0.39, 0.29) is 0 Å². The zero-order chi connectivity index (χ0) is 16.5. The van der Waals surface area contributed by atoms with Crippen LogP contribution in [0.1, 0.15) is 57.1 Å². The van der Waals surface area contributed by atoms with Gasteiger partial charge in [0.15, 0.2) is 5.69 Å². The van der Waals surface area contributed by atoms with E-state index >= 15 is 0 Å². The molecule has 0 aliphatic heterocycles. The lowest BCUT2D eigenvalue weighted by Gasteiger charge is -2.07. The van der Waals surface area contributed by atoms with E-state index in [9.17, 15) is 0 Å². The minimum Gasteiger partial charge on any atom is -0.398 e. The quantitative estimate of drug-likeness (QED) is 0.229. The predicted molar refractivity (Wildman–Crippen MR) is 109 cm³/mol. The Morgan fingerprint density at radius 3 is 2.22 bits per heavy atom. The number of nitrogen functional groups attached to an aromatic ring is 1. The highest BCUT2D eigenvalue weighted by Crippen LogP contribution is 2.19. The van der Waals surface area contributed by atoms with Crippen molar-refractivity contribution in [3.05, 3.63) is 36.0 Å². The van der Waals surface area contributed by atoms with Crippen LogP contribution in [0, 0.1) is 6.92 Å². The molecule has 1 aromatic heterocycles. The minimum absolute atomic E-state index is 0.890. The zero-order valence-corrected chi connectivity index (χ0v) is 16.5. The third kappa shape index (κ3) is 5.63. The molecule has 0 atom stereocenters. The van der Waals surface area contributed by atoms with E-state index in [4.69, 9.17) is 5.73 Å². The number of hydrogen-bond acceptors (Lipinski definition) is 1. The van der Waals surface area contributed by atoms with Crippen LogP contribution in [0.3, 0.4) is 0 Å². The topological polar surface area (TPSA) is 29.9 Å². The normalized spacial score (nSPS) is 11.2. The Balaban J connectivity index is 1.79. The van der Waals surface area contributed by atoms with Gasteiger partial charge >= 0.3 is 0 Å². The molecule has 0 fully saturated rings. The van der Waals surface area contributed by atoms with E-state index in [1.165, 1.54) is 72.4 Å². The van der Waals surface area contributed by atoms with E-state index in [1.807, 2.05) is 0 Å². The number of rotatable bonds is 10. The van der Waals surface area contributed by atoms with Gasteiger partial charge in [-0.05, 0) is 23.3 Å². The Labute approximate surface area is 154 Å². The summed E-state index contributed by atoms with van der Waals surface area (Å²) in [6.07, 6.45) is 11.0. The minimum atomic E-state index is 0.890. The Hall–Kier alpha value is -0.840. The summed E-state index contributed by atoms with van der Waals surface area (Å²) < 4.78 is 3.73. The number of aromatic nitrogens is 1. The number of benzene rings is 1. The molecule has 0 bridgehead atoms. The molecular formula is C20H30IN2+. The average molecular weight is 425 g/mol. The highest BCUT2D eigenvalue weighted by Gasteiger charge is 2.14. The van der Waals surface area contributed by atoms with Gasteiger partial charge in [-0.25, -0.2) is 0 Å². The molecule has 126 valence electrons. The standard InChI is InChI=1S/C20H29IN2/c1-17-16-19(22)18-12-8-9-13-20(18)23(17)15-11-7-5-3-2-4-6-10-14-21/h8-9,12-13,16,22H,2-7,10-11,14-15H2,1H3/p+1. The van der Waals surface area contributed by atoms with E-state index < -0.39 is 0 Å². The van der Waals surface area contributed by atoms with E-state index in [0.29, 0.717) is 0 Å². The summed E-state index contributed by atoms with van der Waals surface area (Å²) >= 11 is 2.47. The number of para-hydroxylation sites is 1. The predicted octanol–water partition coefficient (Wildman–Crippen LogP) is 5.57. The first-order valence-corrected chi connectivity index (χ1v) is 10.5. The van der Waals surface area contributed by atoms with Gasteiger partial charge in [-0.1, -0.05) is 66.8 Å². The summed E-state index contributed by atoms with van der Waals surface area (Å²) in [6.45, 7) is 3.26. The van der Waals surface area contributed by atoms with Crippen molar-refractivity contribution in [2.45, 2.75) is 64.8 Å². The molecule has 1 heterocycles. The fourth-order valence-corrected chi connectivity index (χ4v) is 3.79. The number of unbranched alkanes of at least 4 members (excludes halogenated alkanes) is 7. The number of alkyl halides is 1. The first-order valence-electron chi connectivity index (χ1n) is 8.97. The van der Waals surface area contributed by atoms with Crippen molar-refractivity contribution in [1.29, 1.82) is 0 Å². The smallest absolute Gasteiger partial charge is 0.214 e. The van der Waals surface area contributed by atoms with Gasteiger partial charge in [0, 0.05) is 25.5 Å². The van der Waals surface area contributed by atoms with Crippen molar-refractivity contribution in [3.8, 4) is 0 Å². The Bertz CT molecular complexity index is 610. The highest BCUT2D eigenvalue weighted by atomic mass is 127.